The van der Waals surface area contributed by atoms with Gasteiger partial charge in [-0.2, -0.15) is 0 Å². The van der Waals surface area contributed by atoms with Crippen molar-refractivity contribution < 1.29 is 19.8 Å². The molecule has 0 unspecified atom stereocenters. The predicted octanol–water partition coefficient (Wildman–Crippen LogP) is 3.61. The van der Waals surface area contributed by atoms with Crippen LogP contribution in [0.15, 0.2) is 47.5 Å². The van der Waals surface area contributed by atoms with Crippen molar-refractivity contribution >= 4 is 40.1 Å². The number of unbranched alkanes of at least 4 members (excludes halogenated alkanes) is 3. The van der Waals surface area contributed by atoms with Crippen molar-refractivity contribution in [2.45, 2.75) is 39.0 Å². The molecule has 34 heavy (non-hydrogen) atoms. The fraction of sp³-hybridized carbons (Fsp3) is 0.375. The summed E-state index contributed by atoms with van der Waals surface area (Å²) in [5.74, 6) is -2.05. The van der Waals surface area contributed by atoms with E-state index < -0.39 is 11.8 Å². The standard InChI is InChI=1S/C24H33N5O4S/c1-3-4-5-6-14-26-24(34-2)27-18-8-10-19(11-9-18)28-29-23(33)22(32)25-15-13-17-7-12-20(30)21(31)16-17/h7-12,16,28,30-31H,3-6,13-15H2,1-2H3,(H,25,32)(H,26,27)(H,29,33). The highest BCUT2D eigenvalue weighted by molar-refractivity contribution is 8.13. The normalized spacial score (nSPS) is 11.1. The molecule has 2 amide bonds. The highest BCUT2D eigenvalue weighted by Crippen LogP contribution is 2.24. The number of hydrogen-bond acceptors (Lipinski definition) is 7. The molecule has 2 rings (SSSR count). The maximum atomic E-state index is 12.0. The molecule has 2 aromatic rings. The van der Waals surface area contributed by atoms with E-state index >= 15 is 0 Å². The number of aromatic hydroxyl groups is 2. The number of carbonyl (C=O) groups excluding carboxylic acids is 2. The Bertz CT molecular complexity index is 966. The first-order valence-electron chi connectivity index (χ1n) is 11.2. The van der Waals surface area contributed by atoms with Gasteiger partial charge in [-0.05, 0) is 61.1 Å². The van der Waals surface area contributed by atoms with Gasteiger partial charge in [-0.1, -0.05) is 44.0 Å². The Balaban J connectivity index is 1.72. The molecule has 2 aromatic carbocycles. The zero-order valence-electron chi connectivity index (χ0n) is 19.6. The lowest BCUT2D eigenvalue weighted by atomic mass is 10.1. The summed E-state index contributed by atoms with van der Waals surface area (Å²) in [4.78, 5) is 28.5. The smallest absolute Gasteiger partial charge is 0.327 e. The predicted molar refractivity (Wildman–Crippen MR) is 138 cm³/mol. The van der Waals surface area contributed by atoms with Gasteiger partial charge >= 0.3 is 11.8 Å². The van der Waals surface area contributed by atoms with E-state index in [-0.39, 0.29) is 18.0 Å². The van der Waals surface area contributed by atoms with Crippen molar-refractivity contribution in [1.29, 1.82) is 0 Å². The van der Waals surface area contributed by atoms with Gasteiger partial charge in [0.25, 0.3) is 0 Å². The minimum absolute atomic E-state index is 0.203. The molecule has 0 heterocycles. The van der Waals surface area contributed by atoms with Crippen LogP contribution in [0.3, 0.4) is 0 Å². The molecule has 6 N–H and O–H groups in total. The number of nitrogens with zero attached hydrogens (tertiary/aromatic N) is 1. The van der Waals surface area contributed by atoms with Gasteiger partial charge in [0, 0.05) is 18.8 Å². The monoisotopic (exact) mass is 487 g/mol. The third-order valence-corrected chi connectivity index (χ3v) is 5.48. The second kappa shape index (κ2) is 14.7. The molecule has 0 aliphatic rings. The summed E-state index contributed by atoms with van der Waals surface area (Å²) in [5.41, 5.74) is 7.28. The van der Waals surface area contributed by atoms with Crippen LogP contribution in [0.5, 0.6) is 11.5 Å². The summed E-state index contributed by atoms with van der Waals surface area (Å²) in [5, 5.41) is 25.4. The molecule has 0 atom stereocenters. The second-order valence-corrected chi connectivity index (χ2v) is 8.36. The molecule has 0 saturated heterocycles. The van der Waals surface area contributed by atoms with Crippen LogP contribution in [-0.4, -0.2) is 46.5 Å². The Morgan fingerprint density at radius 3 is 2.35 bits per heavy atom. The molecule has 0 radical (unpaired) electrons. The molecule has 0 aliphatic carbocycles. The molecule has 0 aliphatic heterocycles. The van der Waals surface area contributed by atoms with E-state index in [0.29, 0.717) is 17.7 Å². The number of aliphatic imine (C=N–C) groups is 1. The van der Waals surface area contributed by atoms with E-state index in [1.165, 1.54) is 31.4 Å². The Morgan fingerprint density at radius 1 is 0.941 bits per heavy atom. The lowest BCUT2D eigenvalue weighted by Crippen LogP contribution is -2.43. The maximum absolute atomic E-state index is 12.0. The van der Waals surface area contributed by atoms with E-state index in [1.54, 1.807) is 30.0 Å². The van der Waals surface area contributed by atoms with E-state index in [1.807, 2.05) is 18.4 Å². The van der Waals surface area contributed by atoms with Crippen molar-refractivity contribution in [1.82, 2.24) is 10.7 Å². The fourth-order valence-electron chi connectivity index (χ4n) is 2.95. The van der Waals surface area contributed by atoms with Crippen LogP contribution in [0.2, 0.25) is 0 Å². The fourth-order valence-corrected chi connectivity index (χ4v) is 3.39. The average molecular weight is 488 g/mol. The molecule has 0 bridgehead atoms. The quantitative estimate of drug-likeness (QED) is 0.0712. The van der Waals surface area contributed by atoms with Gasteiger partial charge in [-0.25, -0.2) is 0 Å². The van der Waals surface area contributed by atoms with Crippen LogP contribution in [-0.2, 0) is 16.0 Å². The van der Waals surface area contributed by atoms with Crippen molar-refractivity contribution in [2.24, 2.45) is 4.99 Å². The number of anilines is 2. The van der Waals surface area contributed by atoms with Gasteiger partial charge in [-0.15, -0.1) is 0 Å². The van der Waals surface area contributed by atoms with Gasteiger partial charge in [0.15, 0.2) is 16.7 Å². The molecular formula is C24H33N5O4S. The number of hydrazine groups is 1. The van der Waals surface area contributed by atoms with Crippen LogP contribution in [0.1, 0.15) is 38.2 Å². The Hall–Kier alpha value is -3.40. The number of thioether (sulfide) groups is 1. The molecule has 0 spiro atoms. The average Bonchev–Trinajstić information content (AvgIpc) is 2.84. The largest absolute Gasteiger partial charge is 0.504 e. The highest BCUT2D eigenvalue weighted by Gasteiger charge is 2.12. The summed E-state index contributed by atoms with van der Waals surface area (Å²) < 4.78 is 0. The zero-order valence-corrected chi connectivity index (χ0v) is 20.4. The lowest BCUT2D eigenvalue weighted by molar-refractivity contribution is -0.138. The number of hydrogen-bond donors (Lipinski definition) is 6. The van der Waals surface area contributed by atoms with Gasteiger partial charge in [-0.3, -0.25) is 25.4 Å². The molecule has 0 aromatic heterocycles. The molecule has 0 saturated carbocycles. The maximum Gasteiger partial charge on any atom is 0.327 e. The van der Waals surface area contributed by atoms with Crippen molar-refractivity contribution in [3.63, 3.8) is 0 Å². The first-order valence-corrected chi connectivity index (χ1v) is 12.5. The number of carbonyl (C=O) groups is 2. The Kier molecular flexibility index (Phi) is 11.6. The van der Waals surface area contributed by atoms with Crippen LogP contribution < -0.4 is 21.5 Å². The number of rotatable bonds is 11. The van der Waals surface area contributed by atoms with Gasteiger partial charge in [0.1, 0.15) is 0 Å². The minimum atomic E-state index is -0.823. The van der Waals surface area contributed by atoms with E-state index in [9.17, 15) is 19.8 Å². The lowest BCUT2D eigenvalue weighted by Gasteiger charge is -2.11. The molecule has 184 valence electrons. The minimum Gasteiger partial charge on any atom is -0.504 e. The Morgan fingerprint density at radius 2 is 1.68 bits per heavy atom. The first kappa shape index (κ1) is 26.8. The number of nitrogens with one attached hydrogen (secondary N) is 4. The highest BCUT2D eigenvalue weighted by atomic mass is 32.2. The summed E-state index contributed by atoms with van der Waals surface area (Å²) in [6, 6.07) is 11.7. The number of phenols is 2. The van der Waals surface area contributed by atoms with Gasteiger partial charge in [0.2, 0.25) is 0 Å². The molecule has 9 nitrogen and oxygen atoms in total. The summed E-state index contributed by atoms with van der Waals surface area (Å²) >= 11 is 1.55. The third-order valence-electron chi connectivity index (χ3n) is 4.86. The van der Waals surface area contributed by atoms with E-state index in [4.69, 9.17) is 0 Å². The first-order chi connectivity index (χ1) is 16.4. The van der Waals surface area contributed by atoms with Gasteiger partial charge in [0.05, 0.1) is 5.69 Å². The van der Waals surface area contributed by atoms with Crippen LogP contribution >= 0.6 is 11.8 Å². The van der Waals surface area contributed by atoms with Crippen LogP contribution in [0, 0.1) is 0 Å². The van der Waals surface area contributed by atoms with Crippen LogP contribution in [0.4, 0.5) is 11.4 Å². The van der Waals surface area contributed by atoms with Crippen LogP contribution in [0.25, 0.3) is 0 Å². The number of amides is 2. The summed E-state index contributed by atoms with van der Waals surface area (Å²) in [6.07, 6.45) is 7.08. The molecule has 10 heteroatoms. The number of benzene rings is 2. The Labute approximate surface area is 204 Å². The summed E-state index contributed by atoms with van der Waals surface area (Å²) in [7, 11) is 0. The summed E-state index contributed by atoms with van der Waals surface area (Å²) in [6.45, 7) is 3.19. The van der Waals surface area contributed by atoms with Crippen molar-refractivity contribution in [2.75, 3.05) is 30.1 Å². The third kappa shape index (κ3) is 9.62. The van der Waals surface area contributed by atoms with Crippen molar-refractivity contribution in [3.8, 4) is 11.5 Å². The number of amidine groups is 1. The SMILES string of the molecule is CCCCCCN=C(Nc1ccc(NNC(=O)C(=O)NCCc2ccc(O)c(O)c2)cc1)SC. The van der Waals surface area contributed by atoms with Crippen molar-refractivity contribution in [3.05, 3.63) is 48.0 Å². The second-order valence-electron chi connectivity index (χ2n) is 7.56. The van der Waals surface area contributed by atoms with E-state index in [2.05, 4.69) is 33.4 Å². The zero-order chi connectivity index (χ0) is 24.8. The number of phenolic OH excluding ortho intramolecular Hbond substituents is 2. The molecular weight excluding hydrogens is 454 g/mol. The topological polar surface area (TPSA) is 135 Å². The molecule has 0 fully saturated rings. The van der Waals surface area contributed by atoms with E-state index in [0.717, 1.165) is 23.8 Å². The van der Waals surface area contributed by atoms with Gasteiger partial charge < -0.3 is 20.8 Å².